The Hall–Kier alpha value is 0.190. The molecule has 0 fully saturated rings. The van der Waals surface area contributed by atoms with Gasteiger partial charge in [0.2, 0.25) is 12.1 Å². The van der Waals surface area contributed by atoms with E-state index in [2.05, 4.69) is 26.5 Å². The Morgan fingerprint density at radius 3 is 0.955 bits per heavy atom. The molecule has 266 valence electrons. The molecule has 0 spiro atoms. The standard InChI is InChI=1S/C39H80O4S/c1-3-5-7-9-11-13-15-17-19-21-23-25-27-29-31-33-35-42-38(40)39(41,37-44)43-36-34-32-30-28-26-24-22-20-18-16-14-12-10-8-6-4-2/h38,40-41,44H,3-37H2,1-2H3. The first-order chi connectivity index (χ1) is 21.6. The molecule has 0 aromatic carbocycles. The summed E-state index contributed by atoms with van der Waals surface area (Å²) in [7, 11) is 0. The van der Waals surface area contributed by atoms with E-state index in [1.807, 2.05) is 0 Å². The van der Waals surface area contributed by atoms with Crippen molar-refractivity contribution in [3.63, 3.8) is 0 Å². The highest BCUT2D eigenvalue weighted by atomic mass is 32.1. The van der Waals surface area contributed by atoms with Crippen molar-refractivity contribution >= 4 is 12.6 Å². The number of hydrogen-bond donors (Lipinski definition) is 3. The average Bonchev–Trinajstić information content (AvgIpc) is 3.03. The third-order valence-corrected chi connectivity index (χ3v) is 9.69. The number of thiol groups is 1. The van der Waals surface area contributed by atoms with E-state index in [4.69, 9.17) is 9.47 Å². The number of ether oxygens (including phenoxy) is 2. The number of rotatable bonds is 38. The van der Waals surface area contributed by atoms with Crippen molar-refractivity contribution in [3.8, 4) is 0 Å². The van der Waals surface area contributed by atoms with E-state index in [1.54, 1.807) is 0 Å². The van der Waals surface area contributed by atoms with Gasteiger partial charge in [-0.15, -0.1) is 0 Å². The first kappa shape index (κ1) is 44.2. The fourth-order valence-electron chi connectivity index (χ4n) is 6.07. The lowest BCUT2D eigenvalue weighted by Gasteiger charge is -2.31. The Balaban J connectivity index is 3.49. The minimum Gasteiger partial charge on any atom is -0.364 e. The molecule has 44 heavy (non-hydrogen) atoms. The van der Waals surface area contributed by atoms with Crippen LogP contribution in [-0.2, 0) is 9.47 Å². The lowest BCUT2D eigenvalue weighted by molar-refractivity contribution is -0.312. The van der Waals surface area contributed by atoms with Crippen LogP contribution in [0.4, 0.5) is 0 Å². The minimum absolute atomic E-state index is 0.0198. The Kier molecular flexibility index (Phi) is 36.2. The van der Waals surface area contributed by atoms with Crippen LogP contribution in [0.15, 0.2) is 0 Å². The van der Waals surface area contributed by atoms with E-state index in [1.165, 1.54) is 180 Å². The van der Waals surface area contributed by atoms with E-state index in [0.717, 1.165) is 25.7 Å². The zero-order valence-corrected chi connectivity index (χ0v) is 30.9. The van der Waals surface area contributed by atoms with E-state index < -0.39 is 12.1 Å². The Morgan fingerprint density at radius 2 is 0.682 bits per heavy atom. The third-order valence-electron chi connectivity index (χ3n) is 9.24. The van der Waals surface area contributed by atoms with Crippen molar-refractivity contribution in [1.82, 2.24) is 0 Å². The van der Waals surface area contributed by atoms with Gasteiger partial charge in [-0.25, -0.2) is 0 Å². The number of aliphatic hydroxyl groups is 2. The summed E-state index contributed by atoms with van der Waals surface area (Å²) in [5.74, 6) is -1.71. The maximum atomic E-state index is 10.7. The van der Waals surface area contributed by atoms with Crippen LogP contribution in [-0.4, -0.2) is 41.3 Å². The molecule has 0 amide bonds. The second-order valence-electron chi connectivity index (χ2n) is 13.7. The Labute approximate surface area is 282 Å². The molecule has 0 aromatic heterocycles. The monoisotopic (exact) mass is 645 g/mol. The Bertz CT molecular complexity index is 534. The van der Waals surface area contributed by atoms with Gasteiger partial charge in [0, 0.05) is 12.4 Å². The van der Waals surface area contributed by atoms with Crippen LogP contribution < -0.4 is 0 Å². The van der Waals surface area contributed by atoms with Gasteiger partial charge in [-0.3, -0.25) is 0 Å². The van der Waals surface area contributed by atoms with Crippen molar-refractivity contribution in [1.29, 1.82) is 0 Å². The Morgan fingerprint density at radius 1 is 0.432 bits per heavy atom. The first-order valence-corrected chi connectivity index (χ1v) is 20.5. The molecule has 2 atom stereocenters. The second kappa shape index (κ2) is 36.0. The quantitative estimate of drug-likeness (QED) is 0.0355. The highest BCUT2D eigenvalue weighted by Gasteiger charge is 2.36. The zero-order valence-electron chi connectivity index (χ0n) is 30.0. The minimum atomic E-state index is -1.73. The molecule has 0 heterocycles. The molecule has 5 heteroatoms. The lowest BCUT2D eigenvalue weighted by atomic mass is 10.0. The molecule has 0 aliphatic carbocycles. The number of hydrogen-bond acceptors (Lipinski definition) is 5. The maximum absolute atomic E-state index is 10.7. The SMILES string of the molecule is CCCCCCCCCCCCCCCCCCOC(O)C(O)(CS)OCCCCCCCCCCCCCCCCCC. The molecule has 2 N–H and O–H groups in total. The topological polar surface area (TPSA) is 58.9 Å². The summed E-state index contributed by atoms with van der Waals surface area (Å²) in [6.45, 7) is 5.43. The molecule has 0 rings (SSSR count). The smallest absolute Gasteiger partial charge is 0.227 e. The molecular weight excluding hydrogens is 564 g/mol. The summed E-state index contributed by atoms with van der Waals surface area (Å²) in [4.78, 5) is 0. The zero-order chi connectivity index (χ0) is 32.2. The maximum Gasteiger partial charge on any atom is 0.227 e. The molecule has 0 saturated carbocycles. The van der Waals surface area contributed by atoms with Gasteiger partial charge in [-0.1, -0.05) is 206 Å². The van der Waals surface area contributed by atoms with Gasteiger partial charge in [0.25, 0.3) is 0 Å². The van der Waals surface area contributed by atoms with Crippen LogP contribution in [0.2, 0.25) is 0 Å². The molecular formula is C39H80O4S. The van der Waals surface area contributed by atoms with E-state index in [0.29, 0.717) is 13.2 Å². The van der Waals surface area contributed by atoms with Gasteiger partial charge < -0.3 is 19.7 Å². The molecule has 0 radical (unpaired) electrons. The normalized spacial score (nSPS) is 13.8. The molecule has 4 nitrogen and oxygen atoms in total. The fourth-order valence-corrected chi connectivity index (χ4v) is 6.32. The number of unbranched alkanes of at least 4 members (excludes halogenated alkanes) is 30. The van der Waals surface area contributed by atoms with Crippen molar-refractivity contribution in [2.45, 2.75) is 231 Å². The van der Waals surface area contributed by atoms with Gasteiger partial charge >= 0.3 is 0 Å². The molecule has 2 unspecified atom stereocenters. The van der Waals surface area contributed by atoms with Crippen LogP contribution in [0.3, 0.4) is 0 Å². The highest BCUT2D eigenvalue weighted by Crippen LogP contribution is 2.19. The van der Waals surface area contributed by atoms with Crippen LogP contribution in [0.5, 0.6) is 0 Å². The van der Waals surface area contributed by atoms with E-state index in [9.17, 15) is 10.2 Å². The summed E-state index contributed by atoms with van der Waals surface area (Å²) in [5, 5.41) is 21.1. The van der Waals surface area contributed by atoms with Crippen molar-refractivity contribution in [2.24, 2.45) is 0 Å². The van der Waals surface area contributed by atoms with Gasteiger partial charge in [0.15, 0.2) is 0 Å². The van der Waals surface area contributed by atoms with Gasteiger partial charge in [-0.05, 0) is 12.8 Å². The van der Waals surface area contributed by atoms with Gasteiger partial charge in [0.1, 0.15) is 0 Å². The van der Waals surface area contributed by atoms with Crippen LogP contribution in [0.1, 0.15) is 219 Å². The lowest BCUT2D eigenvalue weighted by Crippen LogP contribution is -2.48. The van der Waals surface area contributed by atoms with Crippen molar-refractivity contribution in [2.75, 3.05) is 19.0 Å². The predicted octanol–water partition coefficient (Wildman–Crippen LogP) is 12.5. The fraction of sp³-hybridized carbons (Fsp3) is 1.00. The average molecular weight is 645 g/mol. The number of aliphatic hydroxyl groups excluding tert-OH is 1. The van der Waals surface area contributed by atoms with Crippen LogP contribution in [0, 0.1) is 0 Å². The molecule has 0 saturated heterocycles. The van der Waals surface area contributed by atoms with Crippen LogP contribution >= 0.6 is 12.6 Å². The highest BCUT2D eigenvalue weighted by molar-refractivity contribution is 7.80. The van der Waals surface area contributed by atoms with E-state index in [-0.39, 0.29) is 5.75 Å². The summed E-state index contributed by atoms with van der Waals surface area (Å²) < 4.78 is 11.2. The molecule has 0 bridgehead atoms. The largest absolute Gasteiger partial charge is 0.364 e. The summed E-state index contributed by atoms with van der Waals surface area (Å²) in [6, 6.07) is 0. The summed E-state index contributed by atoms with van der Waals surface area (Å²) >= 11 is 4.22. The third kappa shape index (κ3) is 30.8. The summed E-state index contributed by atoms with van der Waals surface area (Å²) in [6.07, 6.45) is 41.1. The van der Waals surface area contributed by atoms with Crippen molar-refractivity contribution < 1.29 is 19.7 Å². The summed E-state index contributed by atoms with van der Waals surface area (Å²) in [5.41, 5.74) is 0. The van der Waals surface area contributed by atoms with Crippen LogP contribution in [0.25, 0.3) is 0 Å². The van der Waals surface area contributed by atoms with Crippen molar-refractivity contribution in [3.05, 3.63) is 0 Å². The second-order valence-corrected chi connectivity index (χ2v) is 14.0. The molecule has 0 aliphatic rings. The van der Waals surface area contributed by atoms with Gasteiger partial charge in [-0.2, -0.15) is 12.6 Å². The predicted molar refractivity (Wildman–Crippen MR) is 196 cm³/mol. The molecule has 0 aliphatic heterocycles. The van der Waals surface area contributed by atoms with E-state index >= 15 is 0 Å². The van der Waals surface area contributed by atoms with Gasteiger partial charge in [0.05, 0.1) is 6.61 Å². The first-order valence-electron chi connectivity index (χ1n) is 19.9. The molecule has 0 aromatic rings.